The Hall–Kier alpha value is -3.32. The lowest BCUT2D eigenvalue weighted by atomic mass is 10.0. The first-order valence-electron chi connectivity index (χ1n) is 8.93. The second-order valence-corrected chi connectivity index (χ2v) is 6.20. The molecule has 0 atom stereocenters. The summed E-state index contributed by atoms with van der Waals surface area (Å²) in [6, 6.07) is 22.7. The summed E-state index contributed by atoms with van der Waals surface area (Å²) in [5, 5.41) is 9.93. The molecule has 4 nitrogen and oxygen atoms in total. The van der Waals surface area contributed by atoms with E-state index in [9.17, 15) is 5.26 Å². The Morgan fingerprint density at radius 3 is 2.38 bits per heavy atom. The highest BCUT2D eigenvalue weighted by atomic mass is 15.2. The number of benzene rings is 2. The van der Waals surface area contributed by atoms with Gasteiger partial charge in [-0.3, -0.25) is 4.40 Å². The molecule has 0 aliphatic carbocycles. The Morgan fingerprint density at radius 2 is 1.69 bits per heavy atom. The average Bonchev–Trinajstić information content (AvgIpc) is 3.08. The Labute approximate surface area is 152 Å². The molecule has 2 heterocycles. The van der Waals surface area contributed by atoms with Crippen molar-refractivity contribution < 1.29 is 0 Å². The summed E-state index contributed by atoms with van der Waals surface area (Å²) < 4.78 is 2.12. The second kappa shape index (κ2) is 6.53. The number of nitriles is 1. The van der Waals surface area contributed by atoms with Gasteiger partial charge in [-0.25, -0.2) is 4.98 Å². The van der Waals surface area contributed by atoms with Gasteiger partial charge in [0.05, 0.1) is 11.0 Å². The molecule has 0 amide bonds. The molecule has 0 saturated heterocycles. The molecule has 0 saturated carbocycles. The van der Waals surface area contributed by atoms with E-state index in [0.29, 0.717) is 5.56 Å². The molecule has 4 rings (SSSR count). The van der Waals surface area contributed by atoms with E-state index < -0.39 is 0 Å². The van der Waals surface area contributed by atoms with E-state index >= 15 is 0 Å². The number of hydrogen-bond donors (Lipinski definition) is 0. The van der Waals surface area contributed by atoms with E-state index in [1.54, 1.807) is 0 Å². The lowest BCUT2D eigenvalue weighted by Crippen LogP contribution is -2.24. The number of rotatable bonds is 4. The van der Waals surface area contributed by atoms with Crippen LogP contribution in [0.3, 0.4) is 0 Å². The first-order valence-corrected chi connectivity index (χ1v) is 8.93. The minimum Gasteiger partial charge on any atom is -0.358 e. The molecular formula is C22H20N4. The van der Waals surface area contributed by atoms with Crippen molar-refractivity contribution in [3.8, 4) is 17.2 Å². The molecular weight excluding hydrogens is 320 g/mol. The molecule has 2 aromatic heterocycles. The average molecular weight is 340 g/mol. The van der Waals surface area contributed by atoms with Crippen LogP contribution in [0.15, 0.2) is 60.7 Å². The summed E-state index contributed by atoms with van der Waals surface area (Å²) in [5.74, 6) is 1.07. The smallest absolute Gasteiger partial charge is 0.158 e. The van der Waals surface area contributed by atoms with E-state index in [2.05, 4.69) is 41.4 Å². The van der Waals surface area contributed by atoms with Gasteiger partial charge in [0, 0.05) is 18.7 Å². The molecule has 2 aromatic carbocycles. The van der Waals surface area contributed by atoms with Gasteiger partial charge in [0.2, 0.25) is 0 Å². The molecule has 4 aromatic rings. The van der Waals surface area contributed by atoms with Gasteiger partial charge in [0.15, 0.2) is 5.65 Å². The number of aromatic nitrogens is 2. The molecule has 0 aliphatic rings. The van der Waals surface area contributed by atoms with Gasteiger partial charge in [-0.05, 0) is 37.6 Å². The van der Waals surface area contributed by atoms with E-state index in [4.69, 9.17) is 4.98 Å². The molecule has 26 heavy (non-hydrogen) atoms. The molecule has 0 fully saturated rings. The zero-order valence-corrected chi connectivity index (χ0v) is 15.0. The molecule has 0 N–H and O–H groups in total. The lowest BCUT2D eigenvalue weighted by Gasteiger charge is -2.24. The minimum absolute atomic E-state index is 0.614. The summed E-state index contributed by atoms with van der Waals surface area (Å²) in [7, 11) is 0. The molecule has 128 valence electrons. The van der Waals surface area contributed by atoms with Gasteiger partial charge in [0.25, 0.3) is 0 Å². The van der Waals surface area contributed by atoms with Crippen molar-refractivity contribution in [2.75, 3.05) is 18.0 Å². The van der Waals surface area contributed by atoms with Crippen molar-refractivity contribution in [2.24, 2.45) is 0 Å². The Morgan fingerprint density at radius 1 is 1.00 bits per heavy atom. The third-order valence-corrected chi connectivity index (χ3v) is 4.84. The van der Waals surface area contributed by atoms with Crippen molar-refractivity contribution in [3.05, 3.63) is 66.2 Å². The molecule has 0 bridgehead atoms. The van der Waals surface area contributed by atoms with Gasteiger partial charge < -0.3 is 4.90 Å². The van der Waals surface area contributed by atoms with Crippen LogP contribution in [0.25, 0.3) is 27.8 Å². The highest BCUT2D eigenvalue weighted by Crippen LogP contribution is 2.34. The number of para-hydroxylation sites is 2. The first-order chi connectivity index (χ1) is 12.8. The van der Waals surface area contributed by atoms with Crippen LogP contribution in [-0.4, -0.2) is 22.5 Å². The minimum atomic E-state index is 0.614. The Kier molecular flexibility index (Phi) is 4.06. The summed E-state index contributed by atoms with van der Waals surface area (Å²) >= 11 is 0. The van der Waals surface area contributed by atoms with Gasteiger partial charge >= 0.3 is 0 Å². The predicted octanol–water partition coefficient (Wildman–Crippen LogP) is 4.87. The van der Waals surface area contributed by atoms with Crippen molar-refractivity contribution in [1.82, 2.24) is 9.38 Å². The summed E-state index contributed by atoms with van der Waals surface area (Å²) in [5.41, 5.74) is 5.23. The number of imidazole rings is 1. The largest absolute Gasteiger partial charge is 0.358 e. The zero-order chi connectivity index (χ0) is 18.1. The second-order valence-electron chi connectivity index (χ2n) is 6.20. The van der Waals surface area contributed by atoms with Crippen molar-refractivity contribution in [2.45, 2.75) is 13.8 Å². The Bertz CT molecular complexity index is 1120. The quantitative estimate of drug-likeness (QED) is 0.532. The van der Waals surface area contributed by atoms with E-state index in [0.717, 1.165) is 46.7 Å². The molecule has 0 aliphatic heterocycles. The number of fused-ring (bicyclic) bond motifs is 3. The third-order valence-electron chi connectivity index (χ3n) is 4.84. The van der Waals surface area contributed by atoms with Gasteiger partial charge in [-0.2, -0.15) is 5.26 Å². The normalized spacial score (nSPS) is 11.0. The van der Waals surface area contributed by atoms with Crippen molar-refractivity contribution in [3.63, 3.8) is 0 Å². The standard InChI is InChI=1S/C22H20N4/c1-3-25(4-2)21-14-17(16-10-6-5-7-11-16)18(15-23)22-24-19-12-8-9-13-20(19)26(21)22/h5-14H,3-4H2,1-2H3. The fourth-order valence-corrected chi connectivity index (χ4v) is 3.55. The Balaban J connectivity index is 2.18. The van der Waals surface area contributed by atoms with Crippen LogP contribution in [0.2, 0.25) is 0 Å². The molecule has 4 heteroatoms. The highest BCUT2D eigenvalue weighted by Gasteiger charge is 2.19. The first kappa shape index (κ1) is 16.2. The SMILES string of the molecule is CCN(CC)c1cc(-c2ccccc2)c(C#N)c2nc3ccccc3n12. The van der Waals surface area contributed by atoms with Gasteiger partial charge in [-0.1, -0.05) is 42.5 Å². The maximum atomic E-state index is 9.93. The van der Waals surface area contributed by atoms with Crippen LogP contribution in [0, 0.1) is 11.3 Å². The van der Waals surface area contributed by atoms with Gasteiger partial charge in [0.1, 0.15) is 17.5 Å². The van der Waals surface area contributed by atoms with E-state index in [1.807, 2.05) is 48.5 Å². The van der Waals surface area contributed by atoms with Crippen molar-refractivity contribution in [1.29, 1.82) is 5.26 Å². The molecule has 0 spiro atoms. The van der Waals surface area contributed by atoms with E-state index in [1.165, 1.54) is 0 Å². The summed E-state index contributed by atoms with van der Waals surface area (Å²) in [6.45, 7) is 6.07. The number of pyridine rings is 1. The number of hydrogen-bond acceptors (Lipinski definition) is 3. The molecule has 0 radical (unpaired) electrons. The van der Waals surface area contributed by atoms with Crippen molar-refractivity contribution >= 4 is 22.5 Å². The fraction of sp³-hybridized carbons (Fsp3) is 0.182. The van der Waals surface area contributed by atoms with Crippen LogP contribution in [0.5, 0.6) is 0 Å². The third kappa shape index (κ3) is 2.41. The molecule has 0 unspecified atom stereocenters. The summed E-state index contributed by atoms with van der Waals surface area (Å²) in [6.07, 6.45) is 0. The summed E-state index contributed by atoms with van der Waals surface area (Å²) in [4.78, 5) is 7.10. The maximum Gasteiger partial charge on any atom is 0.158 e. The van der Waals surface area contributed by atoms with Crippen LogP contribution in [0.1, 0.15) is 19.4 Å². The monoisotopic (exact) mass is 340 g/mol. The van der Waals surface area contributed by atoms with Crippen LogP contribution < -0.4 is 4.90 Å². The van der Waals surface area contributed by atoms with Gasteiger partial charge in [-0.15, -0.1) is 0 Å². The number of anilines is 1. The topological polar surface area (TPSA) is 44.3 Å². The fourth-order valence-electron chi connectivity index (χ4n) is 3.55. The van der Waals surface area contributed by atoms with Crippen LogP contribution in [-0.2, 0) is 0 Å². The van der Waals surface area contributed by atoms with E-state index in [-0.39, 0.29) is 0 Å². The van der Waals surface area contributed by atoms with Crippen LogP contribution in [0.4, 0.5) is 5.82 Å². The maximum absolute atomic E-state index is 9.93. The zero-order valence-electron chi connectivity index (χ0n) is 15.0. The van der Waals surface area contributed by atoms with Crippen LogP contribution >= 0.6 is 0 Å². The predicted molar refractivity (Wildman–Crippen MR) is 106 cm³/mol. The number of nitrogens with zero attached hydrogens (tertiary/aromatic N) is 4. The highest BCUT2D eigenvalue weighted by molar-refractivity contribution is 5.89. The lowest BCUT2D eigenvalue weighted by molar-refractivity contribution is 0.839.